The Morgan fingerprint density at radius 1 is 1.38 bits per heavy atom. The third-order valence-electron chi connectivity index (χ3n) is 4.02. The average molecular weight is 380 g/mol. The highest BCUT2D eigenvalue weighted by Crippen LogP contribution is 2.39. The Morgan fingerprint density at radius 2 is 2.12 bits per heavy atom. The Morgan fingerprint density at radius 3 is 2.77 bits per heavy atom. The summed E-state index contributed by atoms with van der Waals surface area (Å²) in [6, 6.07) is 6.84. The molecule has 2 aromatic carbocycles. The molecule has 1 amide bonds. The molecule has 0 spiro atoms. The molecule has 1 heterocycles. The quantitative estimate of drug-likeness (QED) is 0.602. The van der Waals surface area contributed by atoms with Crippen molar-refractivity contribution in [2.24, 2.45) is 0 Å². The second-order valence-electron chi connectivity index (χ2n) is 5.87. The van der Waals surface area contributed by atoms with Crippen LogP contribution in [0.25, 0.3) is 0 Å². The van der Waals surface area contributed by atoms with Crippen molar-refractivity contribution in [2.75, 3.05) is 37.0 Å². The van der Waals surface area contributed by atoms with E-state index in [-0.39, 0.29) is 30.1 Å². The van der Waals surface area contributed by atoms with Crippen LogP contribution in [0.2, 0.25) is 5.02 Å². The van der Waals surface area contributed by atoms with Gasteiger partial charge in [-0.2, -0.15) is 0 Å². The summed E-state index contributed by atoms with van der Waals surface area (Å²) in [5.74, 6) is -1.20. The van der Waals surface area contributed by atoms with Gasteiger partial charge in [0.2, 0.25) is 0 Å². The van der Waals surface area contributed by atoms with Gasteiger partial charge in [0, 0.05) is 26.2 Å². The number of nitrogens with zero attached hydrogens (tertiary/aromatic N) is 3. The fraction of sp³-hybridized carbons (Fsp3) is 0.235. The van der Waals surface area contributed by atoms with E-state index in [9.17, 15) is 19.3 Å². The van der Waals surface area contributed by atoms with E-state index in [4.69, 9.17) is 16.3 Å². The summed E-state index contributed by atoms with van der Waals surface area (Å²) in [4.78, 5) is 26.3. The van der Waals surface area contributed by atoms with Crippen LogP contribution in [0.15, 0.2) is 30.3 Å². The normalized spacial score (nSPS) is 13.0. The number of halogens is 2. The number of benzene rings is 2. The summed E-state index contributed by atoms with van der Waals surface area (Å²) in [5, 5.41) is 11.7. The van der Waals surface area contributed by atoms with Gasteiger partial charge in [0.15, 0.2) is 5.75 Å². The van der Waals surface area contributed by atoms with Gasteiger partial charge in [-0.3, -0.25) is 14.9 Å². The second-order valence-corrected chi connectivity index (χ2v) is 6.27. The molecular formula is C17H15ClFN3O4. The minimum atomic E-state index is -0.834. The van der Waals surface area contributed by atoms with E-state index in [1.165, 1.54) is 9.80 Å². The first-order valence-corrected chi connectivity index (χ1v) is 8.07. The zero-order chi connectivity index (χ0) is 19.0. The van der Waals surface area contributed by atoms with Gasteiger partial charge in [-0.05, 0) is 12.1 Å². The summed E-state index contributed by atoms with van der Waals surface area (Å²) in [7, 11) is 3.12. The molecule has 0 N–H and O–H groups in total. The summed E-state index contributed by atoms with van der Waals surface area (Å²) in [6.07, 6.45) is 0. The number of anilines is 2. The van der Waals surface area contributed by atoms with Crippen LogP contribution in [0.5, 0.6) is 5.75 Å². The molecule has 7 nitrogen and oxygen atoms in total. The molecule has 0 radical (unpaired) electrons. The van der Waals surface area contributed by atoms with Gasteiger partial charge in [0.25, 0.3) is 11.6 Å². The minimum Gasteiger partial charge on any atom is -0.488 e. The third-order valence-corrected chi connectivity index (χ3v) is 4.31. The lowest BCUT2D eigenvalue weighted by molar-refractivity contribution is -0.384. The van der Waals surface area contributed by atoms with Crippen molar-refractivity contribution in [3.05, 3.63) is 56.8 Å². The standard InChI is InChI=1S/C17H15ClFN3O4/c1-20(2)14-9-12(19)10(8-15(14)22(24)25)17(23)21-6-7-26-16-11(18)4-3-5-13(16)21/h3-5,8-9H,6-7H2,1-2H3. The molecule has 0 fully saturated rings. The lowest BCUT2D eigenvalue weighted by Gasteiger charge is -2.30. The number of nitro benzene ring substituents is 1. The van der Waals surface area contributed by atoms with E-state index in [1.54, 1.807) is 32.3 Å². The highest BCUT2D eigenvalue weighted by Gasteiger charge is 2.30. The van der Waals surface area contributed by atoms with Gasteiger partial charge < -0.3 is 14.5 Å². The van der Waals surface area contributed by atoms with Gasteiger partial charge in [-0.1, -0.05) is 17.7 Å². The topological polar surface area (TPSA) is 75.9 Å². The Balaban J connectivity index is 2.08. The maximum Gasteiger partial charge on any atom is 0.293 e. The molecule has 1 aliphatic heterocycles. The maximum absolute atomic E-state index is 14.6. The number of ether oxygens (including phenoxy) is 1. The number of carbonyl (C=O) groups is 1. The van der Waals surface area contributed by atoms with Crippen molar-refractivity contribution in [1.82, 2.24) is 0 Å². The number of nitro groups is 1. The second kappa shape index (κ2) is 6.80. The molecule has 0 saturated carbocycles. The number of carbonyl (C=O) groups excluding carboxylic acids is 1. The van der Waals surface area contributed by atoms with Crippen LogP contribution in [-0.2, 0) is 0 Å². The van der Waals surface area contributed by atoms with Crippen LogP contribution < -0.4 is 14.5 Å². The van der Waals surface area contributed by atoms with Gasteiger partial charge >= 0.3 is 0 Å². The summed E-state index contributed by atoms with van der Waals surface area (Å²) in [5.41, 5.74) is -0.253. The Bertz CT molecular complexity index is 904. The molecule has 0 bridgehead atoms. The SMILES string of the molecule is CN(C)c1cc(F)c(C(=O)N2CCOc3c(Cl)cccc32)cc1[N+](=O)[O-]. The summed E-state index contributed by atoms with van der Waals surface area (Å²) >= 11 is 6.08. The molecule has 0 unspecified atom stereocenters. The lowest BCUT2D eigenvalue weighted by Crippen LogP contribution is -2.38. The molecule has 0 saturated heterocycles. The first-order valence-electron chi connectivity index (χ1n) is 7.69. The smallest absolute Gasteiger partial charge is 0.293 e. The molecule has 9 heteroatoms. The zero-order valence-electron chi connectivity index (χ0n) is 14.0. The minimum absolute atomic E-state index is 0.0782. The van der Waals surface area contributed by atoms with Gasteiger partial charge in [0.05, 0.1) is 27.7 Å². The van der Waals surface area contributed by atoms with Crippen molar-refractivity contribution in [3.8, 4) is 5.75 Å². The number of fused-ring (bicyclic) bond motifs is 1. The highest BCUT2D eigenvalue weighted by molar-refractivity contribution is 6.32. The van der Waals surface area contributed by atoms with Crippen LogP contribution in [0.4, 0.5) is 21.5 Å². The Kier molecular flexibility index (Phi) is 4.69. The summed E-state index contributed by atoms with van der Waals surface area (Å²) < 4.78 is 20.0. The predicted molar refractivity (Wildman–Crippen MR) is 96.0 cm³/mol. The van der Waals surface area contributed by atoms with Crippen LogP contribution in [0, 0.1) is 15.9 Å². The van der Waals surface area contributed by atoms with Crippen LogP contribution in [0.1, 0.15) is 10.4 Å². The maximum atomic E-state index is 14.6. The number of amides is 1. The van der Waals surface area contributed by atoms with Crippen LogP contribution in [-0.4, -0.2) is 38.1 Å². The monoisotopic (exact) mass is 379 g/mol. The molecule has 2 aromatic rings. The van der Waals surface area contributed by atoms with Crippen molar-refractivity contribution >= 4 is 34.6 Å². The fourth-order valence-electron chi connectivity index (χ4n) is 2.79. The molecule has 136 valence electrons. The lowest BCUT2D eigenvalue weighted by atomic mass is 10.1. The van der Waals surface area contributed by atoms with Gasteiger partial charge in [-0.25, -0.2) is 4.39 Å². The van der Waals surface area contributed by atoms with Crippen molar-refractivity contribution < 1.29 is 18.8 Å². The van der Waals surface area contributed by atoms with Crippen LogP contribution >= 0.6 is 11.6 Å². The average Bonchev–Trinajstić information content (AvgIpc) is 2.60. The number of para-hydroxylation sites is 1. The molecule has 3 rings (SSSR count). The molecule has 1 aliphatic rings. The zero-order valence-corrected chi connectivity index (χ0v) is 14.8. The Hall–Kier alpha value is -2.87. The summed E-state index contributed by atoms with van der Waals surface area (Å²) in [6.45, 7) is 0.358. The number of rotatable bonds is 3. The van der Waals surface area contributed by atoms with Gasteiger partial charge in [-0.15, -0.1) is 0 Å². The fourth-order valence-corrected chi connectivity index (χ4v) is 3.01. The molecular weight excluding hydrogens is 365 g/mol. The molecule has 0 aromatic heterocycles. The first kappa shape index (κ1) is 17.9. The first-order chi connectivity index (χ1) is 12.3. The largest absolute Gasteiger partial charge is 0.488 e. The van der Waals surface area contributed by atoms with E-state index >= 15 is 0 Å². The predicted octanol–water partition coefficient (Wildman–Crippen LogP) is 3.49. The van der Waals surface area contributed by atoms with E-state index in [2.05, 4.69) is 0 Å². The van der Waals surface area contributed by atoms with E-state index in [0.717, 1.165) is 12.1 Å². The molecule has 0 atom stereocenters. The van der Waals surface area contributed by atoms with Crippen molar-refractivity contribution in [1.29, 1.82) is 0 Å². The van der Waals surface area contributed by atoms with Crippen molar-refractivity contribution in [3.63, 3.8) is 0 Å². The highest BCUT2D eigenvalue weighted by atomic mass is 35.5. The van der Waals surface area contributed by atoms with E-state index < -0.39 is 16.6 Å². The van der Waals surface area contributed by atoms with E-state index in [1.807, 2.05) is 0 Å². The number of hydrogen-bond acceptors (Lipinski definition) is 5. The number of hydrogen-bond donors (Lipinski definition) is 0. The van der Waals surface area contributed by atoms with Crippen LogP contribution in [0.3, 0.4) is 0 Å². The Labute approximate surface area is 153 Å². The van der Waals surface area contributed by atoms with E-state index in [0.29, 0.717) is 16.5 Å². The molecule has 0 aliphatic carbocycles. The molecule has 26 heavy (non-hydrogen) atoms. The third kappa shape index (κ3) is 3.03. The van der Waals surface area contributed by atoms with Gasteiger partial charge in [0.1, 0.15) is 18.1 Å². The van der Waals surface area contributed by atoms with Crippen molar-refractivity contribution in [2.45, 2.75) is 0 Å².